The summed E-state index contributed by atoms with van der Waals surface area (Å²) in [5, 5.41) is 0. The summed E-state index contributed by atoms with van der Waals surface area (Å²) >= 11 is 0. The third-order valence-corrected chi connectivity index (χ3v) is 4.06. The molecule has 0 aliphatic carbocycles. The van der Waals surface area contributed by atoms with Crippen LogP contribution in [0.1, 0.15) is 22.8 Å². The quantitative estimate of drug-likeness (QED) is 0.270. The summed E-state index contributed by atoms with van der Waals surface area (Å²) in [6.45, 7) is 2.96. The normalized spacial score (nSPS) is 10.7. The first-order chi connectivity index (χ1) is 14.7. The molecule has 30 heavy (non-hydrogen) atoms. The Bertz CT molecular complexity index is 988. The molecule has 0 amide bonds. The molecule has 0 aliphatic rings. The number of pyridine rings is 1. The van der Waals surface area contributed by atoms with Crippen LogP contribution in [0.3, 0.4) is 0 Å². The second kappa shape index (κ2) is 10.8. The summed E-state index contributed by atoms with van der Waals surface area (Å²) in [6.07, 6.45) is 6.37. The van der Waals surface area contributed by atoms with Crippen LogP contribution in [0.25, 0.3) is 6.08 Å². The van der Waals surface area contributed by atoms with E-state index in [-0.39, 0.29) is 11.6 Å². The molecule has 0 saturated carbocycles. The molecule has 154 valence electrons. The summed E-state index contributed by atoms with van der Waals surface area (Å²) in [4.78, 5) is 16.1. The Morgan fingerprint density at radius 2 is 1.80 bits per heavy atom. The Morgan fingerprint density at radius 1 is 1.00 bits per heavy atom. The number of benzene rings is 2. The lowest BCUT2D eigenvalue weighted by molar-refractivity contribution is 0.104. The van der Waals surface area contributed by atoms with Gasteiger partial charge >= 0.3 is 0 Å². The maximum atomic E-state index is 12.9. The maximum absolute atomic E-state index is 12.9. The van der Waals surface area contributed by atoms with Gasteiger partial charge in [-0.15, -0.1) is 0 Å². The molecule has 0 radical (unpaired) electrons. The van der Waals surface area contributed by atoms with Gasteiger partial charge in [-0.05, 0) is 67.1 Å². The Balaban J connectivity index is 1.59. The van der Waals surface area contributed by atoms with Crippen LogP contribution in [0.15, 0.2) is 73.1 Å². The first-order valence-corrected chi connectivity index (χ1v) is 9.56. The van der Waals surface area contributed by atoms with Crippen LogP contribution in [-0.2, 0) is 0 Å². The first kappa shape index (κ1) is 21.0. The number of rotatable bonds is 10. The molecular weight excluding hydrogens is 385 g/mol. The molecule has 3 aromatic rings. The Hall–Kier alpha value is -3.67. The average molecular weight is 407 g/mol. The van der Waals surface area contributed by atoms with Crippen molar-refractivity contribution in [2.45, 2.75) is 6.92 Å². The van der Waals surface area contributed by atoms with Crippen LogP contribution in [0.2, 0.25) is 0 Å². The average Bonchev–Trinajstić information content (AvgIpc) is 2.78. The van der Waals surface area contributed by atoms with E-state index in [0.29, 0.717) is 42.6 Å². The van der Waals surface area contributed by atoms with Gasteiger partial charge < -0.3 is 14.2 Å². The number of carbonyl (C=O) groups excluding carboxylic acids is 1. The molecule has 0 spiro atoms. The lowest BCUT2D eigenvalue weighted by Gasteiger charge is -2.13. The largest absolute Gasteiger partial charge is 0.490 e. The van der Waals surface area contributed by atoms with Crippen molar-refractivity contribution in [3.63, 3.8) is 0 Å². The molecule has 3 rings (SSSR count). The van der Waals surface area contributed by atoms with Crippen LogP contribution in [0.5, 0.6) is 17.2 Å². The third-order valence-electron chi connectivity index (χ3n) is 4.06. The number of allylic oxidation sites excluding steroid dienone is 1. The fourth-order valence-corrected chi connectivity index (χ4v) is 2.63. The summed E-state index contributed by atoms with van der Waals surface area (Å²) in [5.41, 5.74) is 1.34. The molecule has 6 heteroatoms. The number of nitrogens with zero attached hydrogens (tertiary/aromatic N) is 1. The Morgan fingerprint density at radius 3 is 2.53 bits per heavy atom. The monoisotopic (exact) mass is 407 g/mol. The van der Waals surface area contributed by atoms with Crippen molar-refractivity contribution in [2.24, 2.45) is 0 Å². The highest BCUT2D eigenvalue weighted by Gasteiger charge is 2.07. The molecule has 0 fully saturated rings. The Labute approximate surface area is 174 Å². The molecule has 1 heterocycles. The Kier molecular flexibility index (Phi) is 7.55. The van der Waals surface area contributed by atoms with Gasteiger partial charge in [-0.25, -0.2) is 4.39 Å². The van der Waals surface area contributed by atoms with Crippen LogP contribution >= 0.6 is 0 Å². The number of aromatic nitrogens is 1. The lowest BCUT2D eigenvalue weighted by atomic mass is 10.1. The molecule has 0 unspecified atom stereocenters. The van der Waals surface area contributed by atoms with Gasteiger partial charge in [0.2, 0.25) is 0 Å². The SMILES string of the molecule is CCOc1cc(/C=C/C(=O)c2cccnc2)ccc1OCCOc1ccc(F)cc1. The second-order valence-electron chi connectivity index (χ2n) is 6.23. The predicted molar refractivity (Wildman–Crippen MR) is 113 cm³/mol. The van der Waals surface area contributed by atoms with Gasteiger partial charge in [0, 0.05) is 18.0 Å². The molecule has 0 aliphatic heterocycles. The van der Waals surface area contributed by atoms with E-state index in [0.717, 1.165) is 5.56 Å². The molecule has 2 aromatic carbocycles. The summed E-state index contributed by atoms with van der Waals surface area (Å²) in [5.74, 6) is 1.30. The molecular formula is C24H22FNO4. The van der Waals surface area contributed by atoms with Gasteiger partial charge in [0.25, 0.3) is 0 Å². The van der Waals surface area contributed by atoms with E-state index >= 15 is 0 Å². The third kappa shape index (κ3) is 6.17. The number of ether oxygens (including phenoxy) is 3. The van der Waals surface area contributed by atoms with Crippen molar-refractivity contribution < 1.29 is 23.4 Å². The summed E-state index contributed by atoms with van der Waals surface area (Å²) < 4.78 is 29.9. The molecule has 5 nitrogen and oxygen atoms in total. The van der Waals surface area contributed by atoms with E-state index < -0.39 is 0 Å². The summed E-state index contributed by atoms with van der Waals surface area (Å²) in [6, 6.07) is 14.7. The van der Waals surface area contributed by atoms with Gasteiger partial charge in [0.1, 0.15) is 24.8 Å². The van der Waals surface area contributed by atoms with Crippen LogP contribution in [-0.4, -0.2) is 30.6 Å². The standard InChI is InChI=1S/C24H22FNO4/c1-2-28-24-16-18(5-11-22(27)19-4-3-13-26-17-19)6-12-23(24)30-15-14-29-21-9-7-20(25)8-10-21/h3-13,16-17H,2,14-15H2,1H3/b11-5+. The number of carbonyl (C=O) groups is 1. The number of ketones is 1. The van der Waals surface area contributed by atoms with Crippen LogP contribution in [0, 0.1) is 5.82 Å². The topological polar surface area (TPSA) is 57.7 Å². The van der Waals surface area contributed by atoms with Gasteiger partial charge in [-0.3, -0.25) is 9.78 Å². The minimum Gasteiger partial charge on any atom is -0.490 e. The minimum atomic E-state index is -0.309. The first-order valence-electron chi connectivity index (χ1n) is 9.56. The van der Waals surface area contributed by atoms with Crippen LogP contribution in [0.4, 0.5) is 4.39 Å². The lowest BCUT2D eigenvalue weighted by Crippen LogP contribution is -2.10. The van der Waals surface area contributed by atoms with Gasteiger partial charge in [-0.1, -0.05) is 12.1 Å². The number of hydrogen-bond donors (Lipinski definition) is 0. The van der Waals surface area contributed by atoms with E-state index in [1.807, 2.05) is 19.1 Å². The number of hydrogen-bond acceptors (Lipinski definition) is 5. The van der Waals surface area contributed by atoms with Crippen molar-refractivity contribution in [1.82, 2.24) is 4.98 Å². The van der Waals surface area contributed by atoms with Gasteiger partial charge in [0.05, 0.1) is 6.61 Å². The molecule has 0 N–H and O–H groups in total. The van der Waals surface area contributed by atoms with E-state index in [4.69, 9.17) is 14.2 Å². The van der Waals surface area contributed by atoms with E-state index in [1.165, 1.54) is 24.4 Å². The molecule has 0 saturated heterocycles. The minimum absolute atomic E-state index is 0.126. The fraction of sp³-hybridized carbons (Fsp3) is 0.167. The van der Waals surface area contributed by atoms with Crippen molar-refractivity contribution in [3.05, 3.63) is 90.0 Å². The zero-order chi connectivity index (χ0) is 21.2. The zero-order valence-electron chi connectivity index (χ0n) is 16.6. The van der Waals surface area contributed by atoms with Crippen molar-refractivity contribution in [1.29, 1.82) is 0 Å². The molecule has 0 bridgehead atoms. The predicted octanol–water partition coefficient (Wildman–Crippen LogP) is 4.97. The van der Waals surface area contributed by atoms with E-state index in [9.17, 15) is 9.18 Å². The van der Waals surface area contributed by atoms with E-state index in [2.05, 4.69) is 4.98 Å². The number of halogens is 1. The zero-order valence-corrected chi connectivity index (χ0v) is 16.6. The van der Waals surface area contributed by atoms with Gasteiger partial charge in [-0.2, -0.15) is 0 Å². The van der Waals surface area contributed by atoms with Crippen molar-refractivity contribution in [3.8, 4) is 17.2 Å². The van der Waals surface area contributed by atoms with Crippen molar-refractivity contribution >= 4 is 11.9 Å². The molecule has 1 aromatic heterocycles. The van der Waals surface area contributed by atoms with Gasteiger partial charge in [0.15, 0.2) is 17.3 Å². The highest BCUT2D eigenvalue weighted by atomic mass is 19.1. The highest BCUT2D eigenvalue weighted by Crippen LogP contribution is 2.29. The van der Waals surface area contributed by atoms with Crippen LogP contribution < -0.4 is 14.2 Å². The van der Waals surface area contributed by atoms with E-state index in [1.54, 1.807) is 42.6 Å². The highest BCUT2D eigenvalue weighted by molar-refractivity contribution is 6.06. The smallest absolute Gasteiger partial charge is 0.187 e. The maximum Gasteiger partial charge on any atom is 0.187 e. The second-order valence-corrected chi connectivity index (χ2v) is 6.23. The summed E-state index contributed by atoms with van der Waals surface area (Å²) in [7, 11) is 0. The fourth-order valence-electron chi connectivity index (χ4n) is 2.63. The van der Waals surface area contributed by atoms with Crippen molar-refractivity contribution in [2.75, 3.05) is 19.8 Å². The molecule has 0 atom stereocenters.